The maximum Gasteiger partial charge on any atom is 0.124 e. The third kappa shape index (κ3) is 1.18. The summed E-state index contributed by atoms with van der Waals surface area (Å²) in [5.41, 5.74) is 7.03. The minimum atomic E-state index is -0.293. The zero-order valence-corrected chi connectivity index (χ0v) is 9.10. The highest BCUT2D eigenvalue weighted by Gasteiger charge is 2.64. The van der Waals surface area contributed by atoms with E-state index in [0.717, 1.165) is 5.56 Å². The smallest absolute Gasteiger partial charge is 0.124 e. The van der Waals surface area contributed by atoms with Gasteiger partial charge in [-0.2, -0.15) is 0 Å². The second-order valence-corrected chi connectivity index (χ2v) is 5.11. The van der Waals surface area contributed by atoms with E-state index in [1.807, 2.05) is 0 Å². The first-order chi connectivity index (χ1) is 7.14. The molecule has 0 saturated heterocycles. The summed E-state index contributed by atoms with van der Waals surface area (Å²) in [6.45, 7) is 0. The van der Waals surface area contributed by atoms with Gasteiger partial charge in [-0.05, 0) is 42.4 Å². The molecule has 15 heavy (non-hydrogen) atoms. The molecule has 1 aromatic carbocycles. The molecule has 1 nitrogen and oxygen atoms in total. The minimum Gasteiger partial charge on any atom is -0.321 e. The summed E-state index contributed by atoms with van der Waals surface area (Å²) in [5, 5.41) is 0.479. The highest BCUT2D eigenvalue weighted by Crippen LogP contribution is 2.65. The van der Waals surface area contributed by atoms with Gasteiger partial charge in [0.1, 0.15) is 5.82 Å². The lowest BCUT2D eigenvalue weighted by atomic mass is 9.97. The number of halogens is 2. The van der Waals surface area contributed by atoms with Crippen molar-refractivity contribution in [1.29, 1.82) is 0 Å². The van der Waals surface area contributed by atoms with Crippen LogP contribution in [0.5, 0.6) is 0 Å². The summed E-state index contributed by atoms with van der Waals surface area (Å²) >= 11 is 6.05. The van der Waals surface area contributed by atoms with Crippen molar-refractivity contribution in [2.45, 2.75) is 24.8 Å². The summed E-state index contributed by atoms with van der Waals surface area (Å²) in [4.78, 5) is 0. The Morgan fingerprint density at radius 2 is 2.00 bits per heavy atom. The molecule has 1 aromatic rings. The fraction of sp³-hybridized carbons (Fsp3) is 0.500. The third-order valence-corrected chi connectivity index (χ3v) is 4.34. The van der Waals surface area contributed by atoms with E-state index in [0.29, 0.717) is 16.9 Å². The van der Waals surface area contributed by atoms with Crippen LogP contribution >= 0.6 is 11.6 Å². The van der Waals surface area contributed by atoms with Crippen molar-refractivity contribution in [3.8, 4) is 0 Å². The Labute approximate surface area is 93.4 Å². The molecule has 0 amide bonds. The molecule has 2 unspecified atom stereocenters. The molecule has 2 aliphatic rings. The van der Waals surface area contributed by atoms with Gasteiger partial charge >= 0.3 is 0 Å². The maximum atomic E-state index is 12.9. The zero-order valence-electron chi connectivity index (χ0n) is 8.34. The van der Waals surface area contributed by atoms with Crippen LogP contribution in [0.4, 0.5) is 4.39 Å². The van der Waals surface area contributed by atoms with Crippen LogP contribution < -0.4 is 5.73 Å². The molecular weight excluding hydrogens is 213 g/mol. The number of fused-ring (bicyclic) bond motifs is 1. The highest BCUT2D eigenvalue weighted by atomic mass is 35.5. The first kappa shape index (κ1) is 9.61. The Balaban J connectivity index is 2.00. The standard InChI is InChI=1S/C12H13ClFN/c13-11-6-7(14)4-5-10(11)12(15)8-2-1-3-9(8)12/h4-6,8-9H,1-3,15H2. The average Bonchev–Trinajstić information content (AvgIpc) is 2.63. The monoisotopic (exact) mass is 225 g/mol. The van der Waals surface area contributed by atoms with E-state index in [1.54, 1.807) is 6.07 Å². The van der Waals surface area contributed by atoms with Crippen molar-refractivity contribution >= 4 is 11.6 Å². The van der Waals surface area contributed by atoms with E-state index >= 15 is 0 Å². The van der Waals surface area contributed by atoms with Gasteiger partial charge < -0.3 is 5.73 Å². The van der Waals surface area contributed by atoms with Gasteiger partial charge in [0.15, 0.2) is 0 Å². The van der Waals surface area contributed by atoms with Crippen molar-refractivity contribution in [3.05, 3.63) is 34.6 Å². The number of nitrogens with two attached hydrogens (primary N) is 1. The molecule has 3 heteroatoms. The highest BCUT2D eigenvalue weighted by molar-refractivity contribution is 6.31. The predicted molar refractivity (Wildman–Crippen MR) is 58.1 cm³/mol. The van der Waals surface area contributed by atoms with Gasteiger partial charge in [0.05, 0.1) is 0 Å². The summed E-state index contributed by atoms with van der Waals surface area (Å²) in [7, 11) is 0. The molecule has 3 rings (SSSR count). The summed E-state index contributed by atoms with van der Waals surface area (Å²) in [5.74, 6) is 0.846. The van der Waals surface area contributed by atoms with Crippen LogP contribution in [0.15, 0.2) is 18.2 Å². The van der Waals surface area contributed by atoms with Crippen molar-refractivity contribution in [2.75, 3.05) is 0 Å². The van der Waals surface area contributed by atoms with Gasteiger partial charge in [0, 0.05) is 10.6 Å². The van der Waals surface area contributed by atoms with E-state index in [9.17, 15) is 4.39 Å². The third-order valence-electron chi connectivity index (χ3n) is 4.03. The van der Waals surface area contributed by atoms with Crippen LogP contribution in [0.1, 0.15) is 24.8 Å². The van der Waals surface area contributed by atoms with Crippen molar-refractivity contribution in [2.24, 2.45) is 17.6 Å². The molecule has 0 radical (unpaired) electrons. The lowest BCUT2D eigenvalue weighted by molar-refractivity contribution is 0.525. The van der Waals surface area contributed by atoms with Crippen LogP contribution in [0.3, 0.4) is 0 Å². The molecule has 0 aromatic heterocycles. The quantitative estimate of drug-likeness (QED) is 0.781. The molecule has 2 saturated carbocycles. The number of rotatable bonds is 1. The topological polar surface area (TPSA) is 26.0 Å². The Morgan fingerprint density at radius 1 is 1.33 bits per heavy atom. The van der Waals surface area contributed by atoms with Crippen LogP contribution in [0, 0.1) is 17.7 Å². The summed E-state index contributed by atoms with van der Waals surface area (Å²) in [6, 6.07) is 4.55. The van der Waals surface area contributed by atoms with E-state index in [4.69, 9.17) is 17.3 Å². The van der Waals surface area contributed by atoms with E-state index in [2.05, 4.69) is 0 Å². The first-order valence-electron chi connectivity index (χ1n) is 5.38. The Hall–Kier alpha value is -0.600. The number of hydrogen-bond donors (Lipinski definition) is 1. The largest absolute Gasteiger partial charge is 0.321 e. The lowest BCUT2D eigenvalue weighted by Gasteiger charge is -2.17. The molecule has 0 aliphatic heterocycles. The van der Waals surface area contributed by atoms with Crippen molar-refractivity contribution in [3.63, 3.8) is 0 Å². The second-order valence-electron chi connectivity index (χ2n) is 4.70. The molecule has 2 fully saturated rings. The van der Waals surface area contributed by atoms with E-state index in [1.165, 1.54) is 31.4 Å². The average molecular weight is 226 g/mol. The Bertz CT molecular complexity index is 408. The Morgan fingerprint density at radius 3 is 2.60 bits per heavy atom. The van der Waals surface area contributed by atoms with Gasteiger partial charge in [-0.3, -0.25) is 0 Å². The number of benzene rings is 1. The van der Waals surface area contributed by atoms with Gasteiger partial charge in [-0.1, -0.05) is 24.1 Å². The number of hydrogen-bond acceptors (Lipinski definition) is 1. The zero-order chi connectivity index (χ0) is 10.6. The van der Waals surface area contributed by atoms with Gasteiger partial charge in [0.2, 0.25) is 0 Å². The maximum absolute atomic E-state index is 12.9. The molecule has 2 atom stereocenters. The lowest BCUT2D eigenvalue weighted by Crippen LogP contribution is -2.26. The van der Waals surface area contributed by atoms with Gasteiger partial charge in [-0.15, -0.1) is 0 Å². The summed E-state index contributed by atoms with van der Waals surface area (Å²) in [6.07, 6.45) is 3.65. The van der Waals surface area contributed by atoms with E-state index < -0.39 is 0 Å². The molecular formula is C12H13ClFN. The molecule has 2 N–H and O–H groups in total. The first-order valence-corrected chi connectivity index (χ1v) is 5.76. The molecule has 0 bridgehead atoms. The molecule has 2 aliphatic carbocycles. The Kier molecular flexibility index (Phi) is 1.89. The fourth-order valence-electron chi connectivity index (χ4n) is 3.24. The minimum absolute atomic E-state index is 0.261. The fourth-order valence-corrected chi connectivity index (χ4v) is 3.57. The van der Waals surface area contributed by atoms with Crippen molar-refractivity contribution in [1.82, 2.24) is 0 Å². The molecule has 80 valence electrons. The normalized spacial score (nSPS) is 37.8. The van der Waals surface area contributed by atoms with Crippen LogP contribution in [-0.4, -0.2) is 0 Å². The van der Waals surface area contributed by atoms with E-state index in [-0.39, 0.29) is 11.4 Å². The molecule has 0 heterocycles. The summed E-state index contributed by atoms with van der Waals surface area (Å²) < 4.78 is 12.9. The van der Waals surface area contributed by atoms with Crippen LogP contribution in [0.2, 0.25) is 5.02 Å². The second kappa shape index (κ2) is 2.96. The van der Waals surface area contributed by atoms with Gasteiger partial charge in [-0.25, -0.2) is 4.39 Å². The van der Waals surface area contributed by atoms with Crippen LogP contribution in [-0.2, 0) is 5.54 Å². The van der Waals surface area contributed by atoms with Crippen molar-refractivity contribution < 1.29 is 4.39 Å². The molecule has 0 spiro atoms. The predicted octanol–water partition coefficient (Wildman–Crippen LogP) is 3.06. The van der Waals surface area contributed by atoms with Gasteiger partial charge in [0.25, 0.3) is 0 Å². The van der Waals surface area contributed by atoms with Crippen LogP contribution in [0.25, 0.3) is 0 Å². The SMILES string of the molecule is NC1(c2ccc(F)cc2Cl)C2CCCC21.